The van der Waals surface area contributed by atoms with E-state index in [0.29, 0.717) is 17.9 Å². The van der Waals surface area contributed by atoms with Gasteiger partial charge in [-0.25, -0.2) is 22.5 Å². The molecule has 0 unspecified atom stereocenters. The molecular weight excluding hydrogens is 692 g/mol. The maximum Gasteiger partial charge on any atom is 0.291 e. The Bertz CT molecular complexity index is 1780. The van der Waals surface area contributed by atoms with Crippen LogP contribution in [-0.2, 0) is 11.8 Å². The number of aldehydes is 1. The van der Waals surface area contributed by atoms with Crippen molar-refractivity contribution >= 4 is 47.2 Å². The summed E-state index contributed by atoms with van der Waals surface area (Å²) in [7, 11) is 3.56. The number of nitrogens with two attached hydrogens (primary N) is 1. The van der Waals surface area contributed by atoms with E-state index in [1.54, 1.807) is 0 Å². The summed E-state index contributed by atoms with van der Waals surface area (Å²) in [5.41, 5.74) is 5.94. The Morgan fingerprint density at radius 2 is 1.78 bits per heavy atom. The predicted molar refractivity (Wildman–Crippen MR) is 189 cm³/mol. The topological polar surface area (TPSA) is 138 Å². The largest absolute Gasteiger partial charge is 0.402 e. The first-order valence-corrected chi connectivity index (χ1v) is 16.7. The fourth-order valence-corrected chi connectivity index (χ4v) is 5.90. The van der Waals surface area contributed by atoms with Gasteiger partial charge < -0.3 is 30.7 Å². The second-order valence-electron chi connectivity index (χ2n) is 12.3. The molecule has 0 spiro atoms. The highest BCUT2D eigenvalue weighted by Crippen LogP contribution is 2.30. The lowest BCUT2D eigenvalue weighted by Gasteiger charge is -2.35. The van der Waals surface area contributed by atoms with Gasteiger partial charge in [0.1, 0.15) is 0 Å². The summed E-state index contributed by atoms with van der Waals surface area (Å²) in [6.45, 7) is 6.48. The van der Waals surface area contributed by atoms with Crippen molar-refractivity contribution < 1.29 is 31.9 Å². The van der Waals surface area contributed by atoms with Gasteiger partial charge in [-0.2, -0.15) is 0 Å². The highest BCUT2D eigenvalue weighted by Gasteiger charge is 2.27. The number of amides is 2. The molecule has 3 aromatic rings. The number of piperidine rings is 1. The van der Waals surface area contributed by atoms with Gasteiger partial charge >= 0.3 is 0 Å². The van der Waals surface area contributed by atoms with E-state index in [9.17, 15) is 23.2 Å². The molecule has 51 heavy (non-hydrogen) atoms. The fraction of sp³-hybridized carbons (Fsp3) is 0.400. The molecule has 2 aromatic carbocycles. The van der Waals surface area contributed by atoms with Crippen molar-refractivity contribution in [1.29, 1.82) is 0 Å². The lowest BCUT2D eigenvalue weighted by Crippen LogP contribution is -2.50. The molecule has 16 heteroatoms. The second-order valence-corrected chi connectivity index (χ2v) is 12.7. The SMILES string of the molecule is C/C(N)=C(/C=NCC(F)F)c1ccc(-c2cnc(C(=O)Nc3ccc(C=O)c(Cl)c3)n2C)c(F)c1F.CN1CCN(C(=O)C2CCNCC2)CC1. The number of halogens is 5. The van der Waals surface area contributed by atoms with Crippen LogP contribution in [0.25, 0.3) is 16.8 Å². The van der Waals surface area contributed by atoms with Crippen molar-refractivity contribution in [3.63, 3.8) is 0 Å². The number of anilines is 1. The molecule has 2 aliphatic heterocycles. The number of nitrogens with zero attached hydrogens (tertiary/aromatic N) is 5. The minimum atomic E-state index is -2.70. The Morgan fingerprint density at radius 3 is 2.39 bits per heavy atom. The Morgan fingerprint density at radius 1 is 1.10 bits per heavy atom. The number of carbonyl (C=O) groups excluding carboxylic acids is 3. The second kappa shape index (κ2) is 18.1. The average molecular weight is 733 g/mol. The van der Waals surface area contributed by atoms with Crippen molar-refractivity contribution in [1.82, 2.24) is 24.7 Å². The van der Waals surface area contributed by atoms with Gasteiger partial charge in [0.25, 0.3) is 12.3 Å². The lowest BCUT2D eigenvalue weighted by molar-refractivity contribution is -0.137. The number of likely N-dealkylation sites (N-methyl/N-ethyl adjacent to an activating group) is 1. The number of carbonyl (C=O) groups is 3. The highest BCUT2D eigenvalue weighted by atomic mass is 35.5. The number of allylic oxidation sites excluding steroid dienone is 2. The predicted octanol–water partition coefficient (Wildman–Crippen LogP) is 4.87. The van der Waals surface area contributed by atoms with Gasteiger partial charge in [0.05, 0.1) is 23.5 Å². The van der Waals surface area contributed by atoms with Gasteiger partial charge in [0.15, 0.2) is 23.7 Å². The van der Waals surface area contributed by atoms with Gasteiger partial charge in [-0.1, -0.05) is 17.7 Å². The summed E-state index contributed by atoms with van der Waals surface area (Å²) >= 11 is 5.97. The Balaban J connectivity index is 0.000000322. The Kier molecular flexibility index (Phi) is 13.9. The molecule has 0 saturated carbocycles. The number of nitrogens with one attached hydrogen (secondary N) is 2. The molecule has 3 heterocycles. The van der Waals surface area contributed by atoms with E-state index in [-0.39, 0.29) is 50.4 Å². The van der Waals surface area contributed by atoms with E-state index in [2.05, 4.69) is 37.5 Å². The molecule has 0 atom stereocenters. The van der Waals surface area contributed by atoms with E-state index in [4.69, 9.17) is 17.3 Å². The van der Waals surface area contributed by atoms with Crippen LogP contribution in [0.4, 0.5) is 23.2 Å². The maximum atomic E-state index is 15.1. The lowest BCUT2D eigenvalue weighted by atomic mass is 9.96. The van der Waals surface area contributed by atoms with E-state index >= 15 is 8.78 Å². The number of imidazole rings is 1. The summed E-state index contributed by atoms with van der Waals surface area (Å²) in [6, 6.07) is 6.78. The van der Waals surface area contributed by atoms with Crippen molar-refractivity contribution in [3.05, 3.63) is 75.8 Å². The zero-order valence-electron chi connectivity index (χ0n) is 28.6. The molecule has 2 fully saturated rings. The molecular formula is C35H41ClF4N8O3. The Labute approximate surface area is 298 Å². The van der Waals surface area contributed by atoms with Crippen LogP contribution >= 0.6 is 11.6 Å². The van der Waals surface area contributed by atoms with Crippen LogP contribution in [0.15, 0.2) is 47.2 Å². The van der Waals surface area contributed by atoms with E-state index in [0.717, 1.165) is 58.3 Å². The van der Waals surface area contributed by atoms with Crippen LogP contribution in [0.2, 0.25) is 5.02 Å². The quantitative estimate of drug-likeness (QED) is 0.162. The van der Waals surface area contributed by atoms with Crippen LogP contribution in [0, 0.1) is 17.6 Å². The first-order valence-electron chi connectivity index (χ1n) is 16.3. The molecule has 274 valence electrons. The molecule has 4 N–H and O–H groups in total. The van der Waals surface area contributed by atoms with Crippen LogP contribution in [0.5, 0.6) is 0 Å². The standard InChI is InChI=1S/C24H20ClF4N5O2.C11H21N3O/c1-12(30)17(8-31-10-20(26)27)15-5-6-16(22(29)21(15)28)19-9-32-23(34(19)2)24(36)33-14-4-3-13(11-35)18(25)7-14;1-13-6-8-14(9-7-13)11(15)10-2-4-12-5-3-10/h3-9,11,20H,10,30H2,1-2H3,(H,33,36);10,12H,2-9H2,1H3/b17-12+,31-8?;. The highest BCUT2D eigenvalue weighted by molar-refractivity contribution is 6.33. The van der Waals surface area contributed by atoms with E-state index < -0.39 is 30.5 Å². The van der Waals surface area contributed by atoms with Gasteiger partial charge in [-0.15, -0.1) is 0 Å². The first kappa shape index (κ1) is 39.2. The molecule has 11 nitrogen and oxygen atoms in total. The van der Waals surface area contributed by atoms with Crippen LogP contribution in [0.3, 0.4) is 0 Å². The third-order valence-electron chi connectivity index (χ3n) is 8.62. The van der Waals surface area contributed by atoms with Crippen molar-refractivity contribution in [3.8, 4) is 11.3 Å². The minimum absolute atomic E-state index is 0.0390. The Hall–Kier alpha value is -4.60. The van der Waals surface area contributed by atoms with Gasteiger partial charge in [0, 0.05) is 79.0 Å². The zero-order valence-corrected chi connectivity index (χ0v) is 29.3. The molecule has 2 aliphatic rings. The van der Waals surface area contributed by atoms with Crippen molar-refractivity contribution in [2.24, 2.45) is 23.7 Å². The molecule has 0 bridgehead atoms. The maximum absolute atomic E-state index is 15.1. The molecule has 0 radical (unpaired) electrons. The van der Waals surface area contributed by atoms with Gasteiger partial charge in [-0.3, -0.25) is 19.4 Å². The fourth-order valence-electron chi connectivity index (χ4n) is 5.67. The van der Waals surface area contributed by atoms with Crippen molar-refractivity contribution in [2.45, 2.75) is 26.2 Å². The number of alkyl halides is 2. The normalized spacial score (nSPS) is 16.1. The summed E-state index contributed by atoms with van der Waals surface area (Å²) < 4.78 is 56.1. The summed E-state index contributed by atoms with van der Waals surface area (Å²) in [6.07, 6.45) is 2.08. The molecule has 0 aliphatic carbocycles. The number of aromatic nitrogens is 2. The third-order valence-corrected chi connectivity index (χ3v) is 8.94. The number of hydrogen-bond donors (Lipinski definition) is 3. The molecule has 5 rings (SSSR count). The number of rotatable bonds is 9. The first-order chi connectivity index (χ1) is 24.3. The van der Waals surface area contributed by atoms with E-state index in [1.807, 2.05) is 0 Å². The summed E-state index contributed by atoms with van der Waals surface area (Å²) in [5, 5.41) is 6.01. The van der Waals surface area contributed by atoms with Gasteiger partial charge in [0.2, 0.25) is 5.91 Å². The molecule has 1 aromatic heterocycles. The third kappa shape index (κ3) is 10.0. The smallest absolute Gasteiger partial charge is 0.291 e. The number of hydrogen-bond acceptors (Lipinski definition) is 8. The average Bonchev–Trinajstić information content (AvgIpc) is 3.49. The minimum Gasteiger partial charge on any atom is -0.402 e. The van der Waals surface area contributed by atoms with Crippen LogP contribution < -0.4 is 16.4 Å². The number of aliphatic imine (C=N–C) groups is 1. The molecule has 2 amide bonds. The number of benzene rings is 2. The van der Waals surface area contributed by atoms with Crippen LogP contribution in [0.1, 0.15) is 46.3 Å². The summed E-state index contributed by atoms with van der Waals surface area (Å²) in [5.74, 6) is -2.61. The molecule has 2 saturated heterocycles. The van der Waals surface area contributed by atoms with E-state index in [1.165, 1.54) is 55.1 Å². The van der Waals surface area contributed by atoms with Gasteiger partial charge in [-0.05, 0) is 64.2 Å². The monoisotopic (exact) mass is 732 g/mol. The van der Waals surface area contributed by atoms with Crippen LogP contribution in [-0.4, -0.2) is 103 Å². The zero-order chi connectivity index (χ0) is 37.2. The van der Waals surface area contributed by atoms with Crippen molar-refractivity contribution in [2.75, 3.05) is 58.2 Å². The number of piperazine rings is 1. The summed E-state index contributed by atoms with van der Waals surface area (Å²) in [4.78, 5) is 47.6.